The maximum Gasteiger partial charge on any atom is 0.104 e. The van der Waals surface area contributed by atoms with Gasteiger partial charge < -0.3 is 14.6 Å². The van der Waals surface area contributed by atoms with Crippen LogP contribution in [-0.4, -0.2) is 37.6 Å². The van der Waals surface area contributed by atoms with Crippen LogP contribution in [0.15, 0.2) is 0 Å². The van der Waals surface area contributed by atoms with Crippen molar-refractivity contribution in [1.29, 1.82) is 0 Å². The fourth-order valence-corrected chi connectivity index (χ4v) is 0.914. The second-order valence-corrected chi connectivity index (χ2v) is 5.12. The van der Waals surface area contributed by atoms with Gasteiger partial charge in [0.05, 0.1) is 13.2 Å². The smallest absolute Gasteiger partial charge is 0.104 e. The zero-order chi connectivity index (χ0) is 12.4. The number of aliphatic hydroxyl groups excluding tert-OH is 1. The normalized spacial score (nSPS) is 18.6. The molecule has 1 unspecified atom stereocenters. The zero-order valence-corrected chi connectivity index (χ0v) is 11.2. The summed E-state index contributed by atoms with van der Waals surface area (Å²) >= 11 is 0. The summed E-state index contributed by atoms with van der Waals surface area (Å²) in [5, 5.41) is 8.08. The molecule has 3 heteroatoms. The average Bonchev–Trinajstić information content (AvgIpc) is 3.00. The molecule has 1 heterocycles. The summed E-state index contributed by atoms with van der Waals surface area (Å²) < 4.78 is 10.1. The second kappa shape index (κ2) is 10.1. The molecule has 0 aromatic carbocycles. The first-order valence-corrected chi connectivity index (χ1v) is 6.36. The number of aliphatic hydroxyl groups is 1. The third-order valence-corrected chi connectivity index (χ3v) is 2.29. The molecule has 98 valence electrons. The third-order valence-electron chi connectivity index (χ3n) is 2.29. The van der Waals surface area contributed by atoms with Gasteiger partial charge in [-0.15, -0.1) is 0 Å². The Hall–Kier alpha value is -0.120. The van der Waals surface area contributed by atoms with Gasteiger partial charge in [-0.1, -0.05) is 27.7 Å². The van der Waals surface area contributed by atoms with E-state index in [4.69, 9.17) is 9.84 Å². The highest BCUT2D eigenvalue weighted by molar-refractivity contribution is 4.65. The number of hydrogen-bond donors (Lipinski definition) is 1. The lowest BCUT2D eigenvalue weighted by Gasteiger charge is -2.07. The molecule has 1 fully saturated rings. The summed E-state index contributed by atoms with van der Waals surface area (Å²) in [7, 11) is 0. The lowest BCUT2D eigenvalue weighted by atomic mass is 10.1. The highest BCUT2D eigenvalue weighted by atomic mass is 16.6. The largest absolute Gasteiger partial charge is 0.394 e. The van der Waals surface area contributed by atoms with E-state index in [-0.39, 0.29) is 12.7 Å². The van der Waals surface area contributed by atoms with Gasteiger partial charge in [0.25, 0.3) is 0 Å². The highest BCUT2D eigenvalue weighted by Gasteiger charge is 2.19. The molecule has 0 aromatic heterocycles. The Morgan fingerprint density at radius 3 is 1.75 bits per heavy atom. The van der Waals surface area contributed by atoms with Crippen molar-refractivity contribution in [2.45, 2.75) is 46.6 Å². The molecular formula is C13H28O3. The molecule has 0 spiro atoms. The molecule has 1 N–H and O–H groups in total. The van der Waals surface area contributed by atoms with Gasteiger partial charge in [-0.05, 0) is 24.7 Å². The maximum absolute atomic E-state index is 8.08. The van der Waals surface area contributed by atoms with Crippen molar-refractivity contribution < 1.29 is 14.6 Å². The molecule has 1 saturated heterocycles. The van der Waals surface area contributed by atoms with Crippen molar-refractivity contribution >= 4 is 0 Å². The van der Waals surface area contributed by atoms with E-state index in [0.29, 0.717) is 0 Å². The van der Waals surface area contributed by atoms with Gasteiger partial charge in [-0.25, -0.2) is 0 Å². The predicted octanol–water partition coefficient (Wildman–Crippen LogP) is 2.47. The van der Waals surface area contributed by atoms with Crippen LogP contribution >= 0.6 is 0 Å². The Bertz CT molecular complexity index is 132. The second-order valence-electron chi connectivity index (χ2n) is 5.12. The molecule has 1 atom stereocenters. The van der Waals surface area contributed by atoms with E-state index in [2.05, 4.69) is 32.4 Å². The minimum absolute atomic E-state index is 0.190. The van der Waals surface area contributed by atoms with Crippen molar-refractivity contribution in [1.82, 2.24) is 0 Å². The van der Waals surface area contributed by atoms with E-state index in [9.17, 15) is 0 Å². The molecule has 0 radical (unpaired) electrons. The number of ether oxygens (including phenoxy) is 2. The molecule has 1 rings (SSSR count). The molecule has 0 amide bonds. The maximum atomic E-state index is 8.08. The first-order chi connectivity index (χ1) is 7.56. The van der Waals surface area contributed by atoms with Crippen LogP contribution in [0, 0.1) is 11.8 Å². The topological polar surface area (TPSA) is 42.0 Å². The van der Waals surface area contributed by atoms with Gasteiger partial charge in [0.2, 0.25) is 0 Å². The molecule has 0 saturated carbocycles. The molecule has 3 nitrogen and oxygen atoms in total. The van der Waals surface area contributed by atoms with Crippen LogP contribution in [0.1, 0.15) is 40.5 Å². The Morgan fingerprint density at radius 2 is 1.56 bits per heavy atom. The lowest BCUT2D eigenvalue weighted by molar-refractivity contribution is 0.114. The van der Waals surface area contributed by atoms with E-state index >= 15 is 0 Å². The molecule has 0 aromatic rings. The van der Waals surface area contributed by atoms with Crippen molar-refractivity contribution in [3.8, 4) is 0 Å². The van der Waals surface area contributed by atoms with E-state index in [1.165, 1.54) is 12.8 Å². The van der Waals surface area contributed by atoms with Crippen LogP contribution < -0.4 is 0 Å². The van der Waals surface area contributed by atoms with E-state index < -0.39 is 0 Å². The van der Waals surface area contributed by atoms with Gasteiger partial charge in [-0.3, -0.25) is 0 Å². The molecule has 1 aliphatic rings. The minimum Gasteiger partial charge on any atom is -0.394 e. The van der Waals surface area contributed by atoms with Crippen molar-refractivity contribution in [2.24, 2.45) is 11.8 Å². The Morgan fingerprint density at radius 1 is 1.12 bits per heavy atom. The third kappa shape index (κ3) is 13.9. The van der Waals surface area contributed by atoms with Gasteiger partial charge in [0.1, 0.15) is 6.10 Å². The van der Waals surface area contributed by atoms with Crippen LogP contribution in [0.3, 0.4) is 0 Å². The van der Waals surface area contributed by atoms with Crippen LogP contribution in [-0.2, 0) is 9.47 Å². The molecule has 0 bridgehead atoms. The SMILES string of the molecule is CC(C)CCOCCC(C)C.OCC1CO1. The molecule has 16 heavy (non-hydrogen) atoms. The molecule has 1 aliphatic heterocycles. The molecule has 0 aliphatic carbocycles. The quantitative estimate of drug-likeness (QED) is 0.541. The first kappa shape index (κ1) is 15.9. The average molecular weight is 232 g/mol. The zero-order valence-electron chi connectivity index (χ0n) is 11.2. The number of epoxide rings is 1. The lowest BCUT2D eigenvalue weighted by Crippen LogP contribution is -2.02. The van der Waals surface area contributed by atoms with Crippen LogP contribution in [0.25, 0.3) is 0 Å². The Kier molecular flexibility index (Phi) is 9.99. The standard InChI is InChI=1S/C10H22O.C3H6O2/c1-9(2)5-7-11-8-6-10(3)4;4-1-3-2-5-3/h9-10H,5-8H2,1-4H3;3-4H,1-2H2. The number of hydrogen-bond acceptors (Lipinski definition) is 3. The van der Waals surface area contributed by atoms with Crippen molar-refractivity contribution in [3.05, 3.63) is 0 Å². The van der Waals surface area contributed by atoms with Crippen molar-refractivity contribution in [2.75, 3.05) is 26.4 Å². The van der Waals surface area contributed by atoms with Crippen molar-refractivity contribution in [3.63, 3.8) is 0 Å². The Balaban J connectivity index is 0.000000368. The Labute approximate surface area is 100 Å². The van der Waals surface area contributed by atoms with Crippen LogP contribution in [0.4, 0.5) is 0 Å². The van der Waals surface area contributed by atoms with Crippen LogP contribution in [0.2, 0.25) is 0 Å². The summed E-state index contributed by atoms with van der Waals surface area (Å²) in [6, 6.07) is 0. The summed E-state index contributed by atoms with van der Waals surface area (Å²) in [6.45, 7) is 11.7. The predicted molar refractivity (Wildman–Crippen MR) is 66.6 cm³/mol. The van der Waals surface area contributed by atoms with Gasteiger partial charge in [0.15, 0.2) is 0 Å². The monoisotopic (exact) mass is 232 g/mol. The number of rotatable bonds is 7. The van der Waals surface area contributed by atoms with E-state index in [0.717, 1.165) is 31.7 Å². The van der Waals surface area contributed by atoms with E-state index in [1.807, 2.05) is 0 Å². The first-order valence-electron chi connectivity index (χ1n) is 6.36. The summed E-state index contributed by atoms with van der Waals surface area (Å²) in [4.78, 5) is 0. The van der Waals surface area contributed by atoms with Gasteiger partial charge in [-0.2, -0.15) is 0 Å². The summed E-state index contributed by atoms with van der Waals surface area (Å²) in [5.41, 5.74) is 0. The summed E-state index contributed by atoms with van der Waals surface area (Å²) in [5.74, 6) is 1.54. The fraction of sp³-hybridized carbons (Fsp3) is 1.00. The van der Waals surface area contributed by atoms with Gasteiger partial charge >= 0.3 is 0 Å². The molecular weight excluding hydrogens is 204 g/mol. The van der Waals surface area contributed by atoms with Gasteiger partial charge in [0, 0.05) is 13.2 Å². The summed E-state index contributed by atoms with van der Waals surface area (Å²) in [6.07, 6.45) is 2.57. The van der Waals surface area contributed by atoms with E-state index in [1.54, 1.807) is 0 Å². The van der Waals surface area contributed by atoms with Crippen LogP contribution in [0.5, 0.6) is 0 Å². The fourth-order valence-electron chi connectivity index (χ4n) is 0.914. The minimum atomic E-state index is 0.190. The highest BCUT2D eigenvalue weighted by Crippen LogP contribution is 2.05.